The third-order valence-corrected chi connectivity index (χ3v) is 4.34. The predicted octanol–water partition coefficient (Wildman–Crippen LogP) is 2.27. The minimum absolute atomic E-state index is 0.0533. The van der Waals surface area contributed by atoms with E-state index in [9.17, 15) is 9.18 Å². The van der Waals surface area contributed by atoms with Gasteiger partial charge >= 0.3 is 6.03 Å². The van der Waals surface area contributed by atoms with Crippen LogP contribution in [0.1, 0.15) is 18.2 Å². The summed E-state index contributed by atoms with van der Waals surface area (Å²) in [4.78, 5) is 16.5. The largest absolute Gasteiger partial charge is 0.364 e. The quantitative estimate of drug-likeness (QED) is 0.902. The fraction of sp³-hybridized carbons (Fsp3) is 0.444. The van der Waals surface area contributed by atoms with E-state index in [-0.39, 0.29) is 17.9 Å². The molecule has 1 aliphatic heterocycles. The van der Waals surface area contributed by atoms with Crippen molar-refractivity contribution in [3.8, 4) is 0 Å². The maximum atomic E-state index is 13.2. The van der Waals surface area contributed by atoms with Gasteiger partial charge in [-0.15, -0.1) is 0 Å². The molecular formula is C18H23FN4O2. The number of amides is 2. The topological polar surface area (TPSA) is 61.6 Å². The molecule has 1 saturated heterocycles. The van der Waals surface area contributed by atoms with Crippen LogP contribution in [0.25, 0.3) is 0 Å². The second-order valence-corrected chi connectivity index (χ2v) is 6.44. The van der Waals surface area contributed by atoms with Crippen LogP contribution in [0.2, 0.25) is 0 Å². The molecule has 134 valence electrons. The van der Waals surface area contributed by atoms with Gasteiger partial charge in [0.25, 0.3) is 0 Å². The van der Waals surface area contributed by atoms with Crippen molar-refractivity contribution in [3.05, 3.63) is 53.7 Å². The minimum atomic E-state index is -0.251. The number of benzene rings is 1. The molecule has 1 aliphatic rings. The molecule has 0 radical (unpaired) electrons. The Hall–Kier alpha value is -2.41. The number of urea groups is 1. The second-order valence-electron chi connectivity index (χ2n) is 6.44. The van der Waals surface area contributed by atoms with E-state index < -0.39 is 0 Å². The van der Waals surface area contributed by atoms with Gasteiger partial charge in [-0.05, 0) is 31.0 Å². The maximum Gasteiger partial charge on any atom is 0.317 e. The van der Waals surface area contributed by atoms with Gasteiger partial charge in [0.05, 0.1) is 5.69 Å². The summed E-state index contributed by atoms with van der Waals surface area (Å²) in [6.07, 6.45) is 2.18. The molecule has 3 rings (SSSR count). The SMILES string of the molecule is C[C@@H](Cc1cccc(F)c1)NC(=O)N1CCN(Cc2ccon2)CC1. The summed E-state index contributed by atoms with van der Waals surface area (Å²) in [5.74, 6) is -0.251. The number of hydrogen-bond acceptors (Lipinski definition) is 4. The number of nitrogens with zero attached hydrogens (tertiary/aromatic N) is 3. The third-order valence-electron chi connectivity index (χ3n) is 4.34. The van der Waals surface area contributed by atoms with Gasteiger partial charge < -0.3 is 14.7 Å². The fourth-order valence-electron chi connectivity index (χ4n) is 3.03. The van der Waals surface area contributed by atoms with Crippen molar-refractivity contribution >= 4 is 6.03 Å². The van der Waals surface area contributed by atoms with Crippen LogP contribution in [0.4, 0.5) is 9.18 Å². The van der Waals surface area contributed by atoms with Gasteiger partial charge in [-0.3, -0.25) is 4.90 Å². The van der Waals surface area contributed by atoms with Crippen LogP contribution in [0.3, 0.4) is 0 Å². The summed E-state index contributed by atoms with van der Waals surface area (Å²) in [5.41, 5.74) is 1.78. The molecule has 0 unspecified atom stereocenters. The summed E-state index contributed by atoms with van der Waals surface area (Å²) in [6, 6.07) is 8.22. The molecular weight excluding hydrogens is 323 g/mol. The molecule has 1 atom stereocenters. The van der Waals surface area contributed by atoms with Crippen LogP contribution in [0.5, 0.6) is 0 Å². The average molecular weight is 346 g/mol. The first kappa shape index (κ1) is 17.4. The molecule has 1 aromatic heterocycles. The molecule has 0 saturated carbocycles. The molecule has 2 amide bonds. The highest BCUT2D eigenvalue weighted by Gasteiger charge is 2.22. The van der Waals surface area contributed by atoms with Crippen molar-refractivity contribution in [2.75, 3.05) is 26.2 Å². The first-order valence-corrected chi connectivity index (χ1v) is 8.51. The van der Waals surface area contributed by atoms with Gasteiger partial charge in [-0.1, -0.05) is 17.3 Å². The normalized spacial score (nSPS) is 16.6. The number of carbonyl (C=O) groups is 1. The van der Waals surface area contributed by atoms with Crippen molar-refractivity contribution in [2.24, 2.45) is 0 Å². The molecule has 1 fully saturated rings. The number of hydrogen-bond donors (Lipinski definition) is 1. The van der Waals surface area contributed by atoms with E-state index in [4.69, 9.17) is 4.52 Å². The highest BCUT2D eigenvalue weighted by atomic mass is 19.1. The van der Waals surface area contributed by atoms with E-state index in [0.29, 0.717) is 19.5 Å². The first-order chi connectivity index (χ1) is 12.1. The zero-order valence-electron chi connectivity index (χ0n) is 14.3. The summed E-state index contributed by atoms with van der Waals surface area (Å²) in [5, 5.41) is 6.91. The first-order valence-electron chi connectivity index (χ1n) is 8.51. The molecule has 0 bridgehead atoms. The number of carbonyl (C=O) groups excluding carboxylic acids is 1. The molecule has 25 heavy (non-hydrogen) atoms. The standard InChI is InChI=1S/C18H23FN4O2/c1-14(11-15-3-2-4-16(19)12-15)20-18(24)23-8-6-22(7-9-23)13-17-5-10-25-21-17/h2-5,10,12,14H,6-9,11,13H2,1H3,(H,20,24)/t14-/m0/s1. The van der Waals surface area contributed by atoms with E-state index in [1.807, 2.05) is 24.0 Å². The molecule has 6 nitrogen and oxygen atoms in total. The molecule has 1 aromatic carbocycles. The van der Waals surface area contributed by atoms with E-state index in [1.54, 1.807) is 12.3 Å². The van der Waals surface area contributed by atoms with Gasteiger partial charge in [0.1, 0.15) is 12.1 Å². The lowest BCUT2D eigenvalue weighted by atomic mass is 10.1. The number of piperazine rings is 1. The van der Waals surface area contributed by atoms with Gasteiger partial charge in [-0.2, -0.15) is 0 Å². The lowest BCUT2D eigenvalue weighted by molar-refractivity contribution is 0.132. The minimum Gasteiger partial charge on any atom is -0.364 e. The van der Waals surface area contributed by atoms with Gasteiger partial charge in [0.15, 0.2) is 0 Å². The molecule has 2 heterocycles. The Morgan fingerprint density at radius 3 is 2.80 bits per heavy atom. The highest BCUT2D eigenvalue weighted by Crippen LogP contribution is 2.09. The predicted molar refractivity (Wildman–Crippen MR) is 91.5 cm³/mol. The second kappa shape index (κ2) is 8.11. The van der Waals surface area contributed by atoms with Crippen LogP contribution >= 0.6 is 0 Å². The molecule has 0 aliphatic carbocycles. The molecule has 0 spiro atoms. The lowest BCUT2D eigenvalue weighted by Gasteiger charge is -2.34. The summed E-state index contributed by atoms with van der Waals surface area (Å²) < 4.78 is 18.1. The zero-order chi connectivity index (χ0) is 17.6. The Bertz CT molecular complexity index is 684. The lowest BCUT2D eigenvalue weighted by Crippen LogP contribution is -2.53. The Kier molecular flexibility index (Phi) is 5.65. The van der Waals surface area contributed by atoms with Gasteiger partial charge in [-0.25, -0.2) is 9.18 Å². The van der Waals surface area contributed by atoms with E-state index in [0.717, 1.165) is 30.9 Å². The van der Waals surface area contributed by atoms with Crippen molar-refractivity contribution in [1.82, 2.24) is 20.3 Å². The number of rotatable bonds is 5. The molecule has 2 aromatic rings. The van der Waals surface area contributed by atoms with Crippen LogP contribution in [-0.4, -0.2) is 53.2 Å². The summed E-state index contributed by atoms with van der Waals surface area (Å²) >= 11 is 0. The van der Waals surface area contributed by atoms with Gasteiger partial charge in [0, 0.05) is 44.8 Å². The highest BCUT2D eigenvalue weighted by molar-refractivity contribution is 5.74. The van der Waals surface area contributed by atoms with Crippen LogP contribution < -0.4 is 5.32 Å². The van der Waals surface area contributed by atoms with Crippen molar-refractivity contribution in [1.29, 1.82) is 0 Å². The van der Waals surface area contributed by atoms with Crippen molar-refractivity contribution in [2.45, 2.75) is 25.9 Å². The molecule has 7 heteroatoms. The Morgan fingerprint density at radius 1 is 1.32 bits per heavy atom. The van der Waals surface area contributed by atoms with E-state index in [1.165, 1.54) is 12.1 Å². The fourth-order valence-corrected chi connectivity index (χ4v) is 3.03. The van der Waals surface area contributed by atoms with E-state index in [2.05, 4.69) is 15.4 Å². The van der Waals surface area contributed by atoms with E-state index >= 15 is 0 Å². The summed E-state index contributed by atoms with van der Waals surface area (Å²) in [6.45, 7) is 5.63. The number of nitrogens with one attached hydrogen (secondary N) is 1. The summed E-state index contributed by atoms with van der Waals surface area (Å²) in [7, 11) is 0. The third kappa shape index (κ3) is 5.03. The molecule has 1 N–H and O–H groups in total. The monoisotopic (exact) mass is 346 g/mol. The number of halogens is 1. The van der Waals surface area contributed by atoms with Crippen LogP contribution in [0.15, 0.2) is 41.1 Å². The van der Waals surface area contributed by atoms with Crippen molar-refractivity contribution in [3.63, 3.8) is 0 Å². The zero-order valence-corrected chi connectivity index (χ0v) is 14.3. The Balaban J connectivity index is 1.42. The van der Waals surface area contributed by atoms with Crippen molar-refractivity contribution < 1.29 is 13.7 Å². The van der Waals surface area contributed by atoms with Crippen LogP contribution in [-0.2, 0) is 13.0 Å². The smallest absolute Gasteiger partial charge is 0.317 e. The number of aromatic nitrogens is 1. The van der Waals surface area contributed by atoms with Gasteiger partial charge in [0.2, 0.25) is 0 Å². The maximum absolute atomic E-state index is 13.2. The Morgan fingerprint density at radius 2 is 2.12 bits per heavy atom. The van der Waals surface area contributed by atoms with Crippen LogP contribution in [0, 0.1) is 5.82 Å². The Labute approximate surface area is 146 Å². The average Bonchev–Trinajstić information content (AvgIpc) is 3.08.